The SMILES string of the molecule is Cc1cc2ncn(CC3(O)CCCC3)c2cc1C. The monoisotopic (exact) mass is 244 g/mol. The van der Waals surface area contributed by atoms with Crippen LogP contribution in [0.2, 0.25) is 0 Å². The molecule has 3 nitrogen and oxygen atoms in total. The molecule has 0 spiro atoms. The molecule has 1 saturated carbocycles. The summed E-state index contributed by atoms with van der Waals surface area (Å²) in [5, 5.41) is 10.5. The van der Waals surface area contributed by atoms with E-state index in [0.29, 0.717) is 6.54 Å². The highest BCUT2D eigenvalue weighted by Crippen LogP contribution is 2.32. The van der Waals surface area contributed by atoms with E-state index < -0.39 is 5.60 Å². The fourth-order valence-corrected chi connectivity index (χ4v) is 2.95. The van der Waals surface area contributed by atoms with Gasteiger partial charge in [-0.2, -0.15) is 0 Å². The van der Waals surface area contributed by atoms with Gasteiger partial charge in [0, 0.05) is 0 Å². The molecule has 1 fully saturated rings. The van der Waals surface area contributed by atoms with E-state index in [1.165, 1.54) is 11.1 Å². The Morgan fingerprint density at radius 1 is 1.22 bits per heavy atom. The number of nitrogens with zero attached hydrogens (tertiary/aromatic N) is 2. The molecule has 0 unspecified atom stereocenters. The second-order valence-corrected chi connectivity index (χ2v) is 5.73. The first kappa shape index (κ1) is 11.7. The van der Waals surface area contributed by atoms with Crippen LogP contribution in [-0.2, 0) is 6.54 Å². The van der Waals surface area contributed by atoms with Gasteiger partial charge in [-0.15, -0.1) is 0 Å². The molecular weight excluding hydrogens is 224 g/mol. The van der Waals surface area contributed by atoms with Gasteiger partial charge in [-0.3, -0.25) is 0 Å². The predicted molar refractivity (Wildman–Crippen MR) is 72.6 cm³/mol. The lowest BCUT2D eigenvalue weighted by atomic mass is 10.0. The predicted octanol–water partition coefficient (Wildman–Crippen LogP) is 2.96. The largest absolute Gasteiger partial charge is 0.388 e. The molecule has 1 aromatic heterocycles. The van der Waals surface area contributed by atoms with Crippen molar-refractivity contribution in [3.05, 3.63) is 29.6 Å². The third-order valence-corrected chi connectivity index (χ3v) is 4.24. The highest BCUT2D eigenvalue weighted by molar-refractivity contribution is 5.77. The molecule has 3 heteroatoms. The van der Waals surface area contributed by atoms with Crippen LogP contribution in [0.15, 0.2) is 18.5 Å². The molecule has 0 aliphatic heterocycles. The highest BCUT2D eigenvalue weighted by atomic mass is 16.3. The van der Waals surface area contributed by atoms with Crippen LogP contribution in [0.1, 0.15) is 36.8 Å². The van der Waals surface area contributed by atoms with Gasteiger partial charge < -0.3 is 9.67 Å². The number of fused-ring (bicyclic) bond motifs is 1. The smallest absolute Gasteiger partial charge is 0.0959 e. The number of aryl methyl sites for hydroxylation is 2. The fraction of sp³-hybridized carbons (Fsp3) is 0.533. The molecule has 1 aliphatic carbocycles. The Morgan fingerprint density at radius 3 is 2.61 bits per heavy atom. The van der Waals surface area contributed by atoms with Gasteiger partial charge >= 0.3 is 0 Å². The molecule has 0 bridgehead atoms. The Hall–Kier alpha value is -1.35. The van der Waals surface area contributed by atoms with Crippen LogP contribution in [0.25, 0.3) is 11.0 Å². The van der Waals surface area contributed by atoms with Crippen molar-refractivity contribution in [2.45, 2.75) is 51.7 Å². The first-order chi connectivity index (χ1) is 8.57. The molecule has 1 N–H and O–H groups in total. The van der Waals surface area contributed by atoms with E-state index in [4.69, 9.17) is 0 Å². The lowest BCUT2D eigenvalue weighted by molar-refractivity contribution is 0.0309. The zero-order valence-corrected chi connectivity index (χ0v) is 11.1. The zero-order valence-electron chi connectivity index (χ0n) is 11.1. The molecule has 0 amide bonds. The van der Waals surface area contributed by atoms with Crippen LogP contribution < -0.4 is 0 Å². The maximum atomic E-state index is 10.5. The van der Waals surface area contributed by atoms with Crippen LogP contribution in [0, 0.1) is 13.8 Å². The first-order valence-electron chi connectivity index (χ1n) is 6.72. The molecule has 1 heterocycles. The van der Waals surface area contributed by atoms with Crippen LogP contribution in [0.5, 0.6) is 0 Å². The number of aliphatic hydroxyl groups is 1. The number of hydrogen-bond acceptors (Lipinski definition) is 2. The summed E-state index contributed by atoms with van der Waals surface area (Å²) < 4.78 is 2.10. The second kappa shape index (κ2) is 4.09. The van der Waals surface area contributed by atoms with E-state index in [2.05, 4.69) is 35.5 Å². The summed E-state index contributed by atoms with van der Waals surface area (Å²) in [6, 6.07) is 4.30. The molecular formula is C15H20N2O. The van der Waals surface area contributed by atoms with Crippen molar-refractivity contribution in [1.29, 1.82) is 0 Å². The average Bonchev–Trinajstić information content (AvgIpc) is 2.89. The van der Waals surface area contributed by atoms with Gasteiger partial charge in [-0.05, 0) is 49.9 Å². The Morgan fingerprint density at radius 2 is 1.89 bits per heavy atom. The van der Waals surface area contributed by atoms with E-state index in [-0.39, 0.29) is 0 Å². The minimum atomic E-state index is -0.521. The summed E-state index contributed by atoms with van der Waals surface area (Å²) in [6.45, 7) is 4.90. The summed E-state index contributed by atoms with van der Waals surface area (Å²) in [6.07, 6.45) is 5.97. The van der Waals surface area contributed by atoms with Crippen molar-refractivity contribution in [1.82, 2.24) is 9.55 Å². The van der Waals surface area contributed by atoms with Crippen molar-refractivity contribution >= 4 is 11.0 Å². The van der Waals surface area contributed by atoms with Crippen molar-refractivity contribution in [3.63, 3.8) is 0 Å². The summed E-state index contributed by atoms with van der Waals surface area (Å²) in [5.41, 5.74) is 4.19. The normalized spacial score (nSPS) is 18.6. The Bertz CT molecular complexity index is 579. The van der Waals surface area contributed by atoms with E-state index in [9.17, 15) is 5.11 Å². The lowest BCUT2D eigenvalue weighted by Gasteiger charge is -2.22. The molecule has 3 rings (SSSR count). The van der Waals surface area contributed by atoms with E-state index in [1.807, 2.05) is 6.33 Å². The summed E-state index contributed by atoms with van der Waals surface area (Å²) in [4.78, 5) is 4.45. The molecule has 96 valence electrons. The number of aromatic nitrogens is 2. The zero-order chi connectivity index (χ0) is 12.8. The Labute approximate surface area is 107 Å². The first-order valence-corrected chi connectivity index (χ1v) is 6.72. The van der Waals surface area contributed by atoms with Gasteiger partial charge in [0.15, 0.2) is 0 Å². The maximum absolute atomic E-state index is 10.5. The quantitative estimate of drug-likeness (QED) is 0.882. The lowest BCUT2D eigenvalue weighted by Crippen LogP contribution is -2.30. The van der Waals surface area contributed by atoms with Crippen molar-refractivity contribution in [2.24, 2.45) is 0 Å². The second-order valence-electron chi connectivity index (χ2n) is 5.73. The van der Waals surface area contributed by atoms with Crippen LogP contribution in [0.4, 0.5) is 0 Å². The van der Waals surface area contributed by atoms with Crippen molar-refractivity contribution in [2.75, 3.05) is 0 Å². The van der Waals surface area contributed by atoms with E-state index in [1.54, 1.807) is 0 Å². The van der Waals surface area contributed by atoms with Crippen LogP contribution >= 0.6 is 0 Å². The highest BCUT2D eigenvalue weighted by Gasteiger charge is 2.31. The third kappa shape index (κ3) is 1.93. The van der Waals surface area contributed by atoms with Crippen molar-refractivity contribution in [3.8, 4) is 0 Å². The molecule has 2 aromatic rings. The molecule has 1 aliphatic rings. The minimum absolute atomic E-state index is 0.521. The van der Waals surface area contributed by atoms with Crippen LogP contribution in [-0.4, -0.2) is 20.3 Å². The number of rotatable bonds is 2. The van der Waals surface area contributed by atoms with Crippen LogP contribution in [0.3, 0.4) is 0 Å². The average molecular weight is 244 g/mol. The minimum Gasteiger partial charge on any atom is -0.388 e. The molecule has 18 heavy (non-hydrogen) atoms. The molecule has 1 aromatic carbocycles. The topological polar surface area (TPSA) is 38.0 Å². The van der Waals surface area contributed by atoms with Crippen molar-refractivity contribution < 1.29 is 5.11 Å². The Balaban J connectivity index is 1.99. The third-order valence-electron chi connectivity index (χ3n) is 4.24. The molecule has 0 saturated heterocycles. The number of benzene rings is 1. The Kier molecular flexibility index (Phi) is 2.67. The van der Waals surface area contributed by atoms with Gasteiger partial charge in [0.05, 0.1) is 29.5 Å². The van der Waals surface area contributed by atoms with Gasteiger partial charge in [0.25, 0.3) is 0 Å². The number of imidazole rings is 1. The summed E-state index contributed by atoms with van der Waals surface area (Å²) >= 11 is 0. The molecule has 0 radical (unpaired) electrons. The van der Waals surface area contributed by atoms with Gasteiger partial charge in [-0.1, -0.05) is 12.8 Å². The van der Waals surface area contributed by atoms with Gasteiger partial charge in [-0.25, -0.2) is 4.98 Å². The maximum Gasteiger partial charge on any atom is 0.0959 e. The number of hydrogen-bond donors (Lipinski definition) is 1. The molecule has 0 atom stereocenters. The van der Waals surface area contributed by atoms with E-state index in [0.717, 1.165) is 36.7 Å². The summed E-state index contributed by atoms with van der Waals surface area (Å²) in [5.74, 6) is 0. The van der Waals surface area contributed by atoms with Gasteiger partial charge in [0.2, 0.25) is 0 Å². The van der Waals surface area contributed by atoms with Gasteiger partial charge in [0.1, 0.15) is 0 Å². The van der Waals surface area contributed by atoms with E-state index >= 15 is 0 Å². The fourth-order valence-electron chi connectivity index (χ4n) is 2.95. The standard InChI is InChI=1S/C15H20N2O/c1-11-7-13-14(8-12(11)2)17(10-16-13)9-15(18)5-3-4-6-15/h7-8,10,18H,3-6,9H2,1-2H3. The summed E-state index contributed by atoms with van der Waals surface area (Å²) in [7, 11) is 0.